The highest BCUT2D eigenvalue weighted by molar-refractivity contribution is 8.14. The van der Waals surface area contributed by atoms with Crippen LogP contribution < -0.4 is 10.6 Å². The van der Waals surface area contributed by atoms with Gasteiger partial charge in [-0.1, -0.05) is 18.7 Å². The van der Waals surface area contributed by atoms with Crippen LogP contribution in [-0.4, -0.2) is 65.3 Å². The molecule has 5 atom stereocenters. The summed E-state index contributed by atoms with van der Waals surface area (Å²) in [6.07, 6.45) is -1.31. The average Bonchev–Trinajstić information content (AvgIpc) is 2.79. The normalized spacial score (nSPS) is 41.8. The van der Waals surface area contributed by atoms with Crippen LogP contribution in [0.3, 0.4) is 0 Å². The molecule has 0 aromatic heterocycles. The van der Waals surface area contributed by atoms with Gasteiger partial charge in [0.05, 0.1) is 12.1 Å². The number of thioether (sulfide) groups is 1. The Kier molecular flexibility index (Phi) is 4.85. The van der Waals surface area contributed by atoms with Crippen LogP contribution in [0.5, 0.6) is 0 Å². The van der Waals surface area contributed by atoms with E-state index in [9.17, 15) is 10.2 Å². The van der Waals surface area contributed by atoms with Crippen molar-refractivity contribution in [3.05, 3.63) is 0 Å². The molecule has 6 nitrogen and oxygen atoms in total. The fraction of sp³-hybridized carbons (Fsp3) is 0.909. The van der Waals surface area contributed by atoms with Gasteiger partial charge in [-0.2, -0.15) is 0 Å². The number of hydrogen-bond acceptors (Lipinski definition) is 6. The van der Waals surface area contributed by atoms with Crippen LogP contribution in [0.2, 0.25) is 0 Å². The van der Waals surface area contributed by atoms with Gasteiger partial charge in [0.15, 0.2) is 5.17 Å². The molecule has 2 saturated heterocycles. The first kappa shape index (κ1) is 14.1. The SMILES string of the molecule is CCNCCC1OC2SC(=NC)NC2C(O)C1O. The van der Waals surface area contributed by atoms with Crippen LogP contribution in [0.25, 0.3) is 0 Å². The molecule has 2 fully saturated rings. The van der Waals surface area contributed by atoms with Crippen molar-refractivity contribution < 1.29 is 14.9 Å². The summed E-state index contributed by atoms with van der Waals surface area (Å²) < 4.78 is 5.84. The van der Waals surface area contributed by atoms with E-state index < -0.39 is 12.2 Å². The van der Waals surface area contributed by atoms with Gasteiger partial charge in [-0.05, 0) is 19.5 Å². The zero-order valence-electron chi connectivity index (χ0n) is 10.7. The minimum absolute atomic E-state index is 0.172. The van der Waals surface area contributed by atoms with E-state index in [4.69, 9.17) is 4.74 Å². The summed E-state index contributed by atoms with van der Waals surface area (Å²) in [4.78, 5) is 4.06. The van der Waals surface area contributed by atoms with E-state index in [0.717, 1.165) is 18.3 Å². The molecular formula is C11H21N3O3S. The molecule has 0 radical (unpaired) electrons. The average molecular weight is 275 g/mol. The topological polar surface area (TPSA) is 86.1 Å². The monoisotopic (exact) mass is 275 g/mol. The first-order valence-electron chi connectivity index (χ1n) is 6.29. The van der Waals surface area contributed by atoms with Crippen molar-refractivity contribution in [1.82, 2.24) is 10.6 Å². The van der Waals surface area contributed by atoms with Crippen molar-refractivity contribution in [1.29, 1.82) is 0 Å². The maximum Gasteiger partial charge on any atom is 0.159 e. The number of aliphatic imine (C=N–C) groups is 1. The quantitative estimate of drug-likeness (QED) is 0.499. The molecular weight excluding hydrogens is 254 g/mol. The Morgan fingerprint density at radius 3 is 2.89 bits per heavy atom. The third-order valence-electron chi connectivity index (χ3n) is 3.28. The number of nitrogens with one attached hydrogen (secondary N) is 2. The Morgan fingerprint density at radius 2 is 2.22 bits per heavy atom. The Morgan fingerprint density at radius 1 is 1.44 bits per heavy atom. The van der Waals surface area contributed by atoms with Crippen LogP contribution in [0.1, 0.15) is 13.3 Å². The van der Waals surface area contributed by atoms with Gasteiger partial charge in [-0.15, -0.1) is 0 Å². The predicted molar refractivity (Wildman–Crippen MR) is 71.7 cm³/mol. The Labute approximate surface area is 111 Å². The molecule has 0 saturated carbocycles. The summed E-state index contributed by atoms with van der Waals surface area (Å²) in [7, 11) is 1.69. The summed E-state index contributed by atoms with van der Waals surface area (Å²) in [6, 6.07) is -0.279. The molecule has 0 aromatic carbocycles. The maximum atomic E-state index is 10.1. The van der Waals surface area contributed by atoms with E-state index in [1.807, 2.05) is 6.92 Å². The number of aliphatic hydroxyl groups is 2. The number of rotatable bonds is 4. The Balaban J connectivity index is 1.96. The molecule has 7 heteroatoms. The molecule has 0 spiro atoms. The Hall–Kier alpha value is -0.340. The second-order valence-electron chi connectivity index (χ2n) is 4.48. The second kappa shape index (κ2) is 6.21. The van der Waals surface area contributed by atoms with Crippen molar-refractivity contribution in [2.24, 2.45) is 4.99 Å². The standard InChI is InChI=1S/C11H21N3O3S/c1-3-13-5-4-6-8(15)9(16)7-10(17-6)18-11(12-2)14-7/h6-10,13,15-16H,3-5H2,1-2H3,(H,12,14). The van der Waals surface area contributed by atoms with Crippen LogP contribution in [0, 0.1) is 0 Å². The highest BCUT2D eigenvalue weighted by atomic mass is 32.2. The summed E-state index contributed by atoms with van der Waals surface area (Å²) in [5.74, 6) is 0. The van der Waals surface area contributed by atoms with E-state index in [-0.39, 0.29) is 17.6 Å². The third kappa shape index (κ3) is 2.80. The summed E-state index contributed by atoms with van der Waals surface area (Å²) in [6.45, 7) is 3.69. The fourth-order valence-electron chi connectivity index (χ4n) is 2.25. The van der Waals surface area contributed by atoms with Gasteiger partial charge in [-0.3, -0.25) is 4.99 Å². The highest BCUT2D eigenvalue weighted by Gasteiger charge is 2.48. The van der Waals surface area contributed by atoms with Crippen LogP contribution >= 0.6 is 11.8 Å². The molecule has 18 heavy (non-hydrogen) atoms. The fourth-order valence-corrected chi connectivity index (χ4v) is 3.35. The van der Waals surface area contributed by atoms with Gasteiger partial charge in [0.25, 0.3) is 0 Å². The lowest BCUT2D eigenvalue weighted by molar-refractivity contribution is -0.157. The van der Waals surface area contributed by atoms with E-state index >= 15 is 0 Å². The minimum Gasteiger partial charge on any atom is -0.388 e. The molecule has 2 rings (SSSR count). The van der Waals surface area contributed by atoms with E-state index in [0.29, 0.717) is 6.42 Å². The van der Waals surface area contributed by atoms with Crippen molar-refractivity contribution >= 4 is 16.9 Å². The van der Waals surface area contributed by atoms with E-state index in [2.05, 4.69) is 15.6 Å². The van der Waals surface area contributed by atoms with Crippen molar-refractivity contribution in [2.75, 3.05) is 20.1 Å². The number of fused-ring (bicyclic) bond motifs is 1. The van der Waals surface area contributed by atoms with Gasteiger partial charge in [0, 0.05) is 7.05 Å². The molecule has 2 heterocycles. The maximum absolute atomic E-state index is 10.1. The highest BCUT2D eigenvalue weighted by Crippen LogP contribution is 2.34. The lowest BCUT2D eigenvalue weighted by Crippen LogP contribution is -2.59. The largest absolute Gasteiger partial charge is 0.388 e. The van der Waals surface area contributed by atoms with Crippen molar-refractivity contribution in [3.8, 4) is 0 Å². The van der Waals surface area contributed by atoms with Gasteiger partial charge in [-0.25, -0.2) is 0 Å². The molecule has 104 valence electrons. The molecule has 4 N–H and O–H groups in total. The third-order valence-corrected chi connectivity index (χ3v) is 4.44. The van der Waals surface area contributed by atoms with Gasteiger partial charge in [0.2, 0.25) is 0 Å². The molecule has 2 aliphatic rings. The summed E-state index contributed by atoms with van der Waals surface area (Å²) in [5.41, 5.74) is -0.172. The number of amidine groups is 1. The lowest BCUT2D eigenvalue weighted by atomic mass is 9.96. The summed E-state index contributed by atoms with van der Waals surface area (Å²) >= 11 is 1.47. The minimum atomic E-state index is -0.853. The van der Waals surface area contributed by atoms with Crippen LogP contribution in [0.4, 0.5) is 0 Å². The van der Waals surface area contributed by atoms with Gasteiger partial charge >= 0.3 is 0 Å². The zero-order valence-corrected chi connectivity index (χ0v) is 11.5. The van der Waals surface area contributed by atoms with Crippen molar-refractivity contribution in [2.45, 2.75) is 43.1 Å². The second-order valence-corrected chi connectivity index (χ2v) is 5.57. The zero-order chi connectivity index (χ0) is 13.1. The smallest absolute Gasteiger partial charge is 0.159 e. The molecule has 0 aromatic rings. The molecule has 2 aliphatic heterocycles. The number of nitrogens with zero attached hydrogens (tertiary/aromatic N) is 1. The summed E-state index contributed by atoms with van der Waals surface area (Å²) in [5, 5.41) is 27.2. The Bertz CT molecular complexity index is 316. The van der Waals surface area contributed by atoms with Crippen LogP contribution in [-0.2, 0) is 4.74 Å². The lowest BCUT2D eigenvalue weighted by Gasteiger charge is -2.39. The number of hydrogen-bond donors (Lipinski definition) is 4. The number of ether oxygens (including phenoxy) is 1. The molecule has 0 aliphatic carbocycles. The van der Waals surface area contributed by atoms with Gasteiger partial charge < -0.3 is 25.6 Å². The van der Waals surface area contributed by atoms with E-state index in [1.54, 1.807) is 7.05 Å². The van der Waals surface area contributed by atoms with Gasteiger partial charge in [0.1, 0.15) is 17.6 Å². The van der Waals surface area contributed by atoms with Crippen molar-refractivity contribution in [3.63, 3.8) is 0 Å². The number of aliphatic hydroxyl groups excluding tert-OH is 2. The molecule has 0 amide bonds. The molecule has 5 unspecified atom stereocenters. The first-order chi connectivity index (χ1) is 8.67. The van der Waals surface area contributed by atoms with E-state index in [1.165, 1.54) is 11.8 Å². The molecule has 0 bridgehead atoms. The predicted octanol–water partition coefficient (Wildman–Crippen LogP) is -0.876. The first-order valence-corrected chi connectivity index (χ1v) is 7.17. The van der Waals surface area contributed by atoms with Crippen LogP contribution in [0.15, 0.2) is 4.99 Å².